The predicted octanol–water partition coefficient (Wildman–Crippen LogP) is 2.83. The Balaban J connectivity index is 1.95. The molecule has 2 rings (SSSR count). The van der Waals surface area contributed by atoms with Crippen molar-refractivity contribution in [2.75, 3.05) is 13.1 Å². The molecule has 0 saturated carbocycles. The van der Waals surface area contributed by atoms with Crippen LogP contribution >= 0.6 is 0 Å². The third-order valence-electron chi connectivity index (χ3n) is 3.05. The lowest BCUT2D eigenvalue weighted by atomic mass is 10.2. The summed E-state index contributed by atoms with van der Waals surface area (Å²) >= 11 is 0. The first-order valence-electron chi connectivity index (χ1n) is 6.62. The van der Waals surface area contributed by atoms with E-state index in [2.05, 4.69) is 49.6 Å². The van der Waals surface area contributed by atoms with Gasteiger partial charge in [-0.05, 0) is 38.6 Å². The fraction of sp³-hybridized carbons (Fsp3) is 0.467. The number of benzene rings is 1. The second-order valence-corrected chi connectivity index (χ2v) is 4.84. The van der Waals surface area contributed by atoms with Gasteiger partial charge in [0.15, 0.2) is 0 Å². The highest BCUT2D eigenvalue weighted by Gasteiger charge is 2.05. The van der Waals surface area contributed by atoms with Crippen molar-refractivity contribution < 1.29 is 4.42 Å². The number of furan rings is 1. The third-order valence-corrected chi connectivity index (χ3v) is 3.05. The van der Waals surface area contributed by atoms with Gasteiger partial charge in [-0.15, -0.1) is 0 Å². The quantitative estimate of drug-likeness (QED) is 0.823. The molecular weight excluding hydrogens is 224 g/mol. The van der Waals surface area contributed by atoms with Gasteiger partial charge in [-0.2, -0.15) is 0 Å². The molecule has 0 saturated heterocycles. The number of hydrogen-bond donors (Lipinski definition) is 2. The third kappa shape index (κ3) is 3.34. The zero-order valence-corrected chi connectivity index (χ0v) is 11.4. The van der Waals surface area contributed by atoms with Crippen LogP contribution in [0.25, 0.3) is 11.0 Å². The monoisotopic (exact) mass is 246 g/mol. The Kier molecular flexibility index (Phi) is 4.39. The Morgan fingerprint density at radius 3 is 2.89 bits per heavy atom. The summed E-state index contributed by atoms with van der Waals surface area (Å²) < 4.78 is 5.79. The predicted molar refractivity (Wildman–Crippen MR) is 75.8 cm³/mol. The number of rotatable bonds is 6. The molecule has 0 aliphatic heterocycles. The van der Waals surface area contributed by atoms with Gasteiger partial charge in [0.05, 0.1) is 6.54 Å². The first-order valence-corrected chi connectivity index (χ1v) is 6.62. The molecule has 3 nitrogen and oxygen atoms in total. The van der Waals surface area contributed by atoms with Crippen LogP contribution in [0.1, 0.15) is 25.2 Å². The van der Waals surface area contributed by atoms with Gasteiger partial charge in [0.1, 0.15) is 11.3 Å². The lowest BCUT2D eigenvalue weighted by Crippen LogP contribution is -2.35. The van der Waals surface area contributed by atoms with Crippen molar-refractivity contribution >= 4 is 11.0 Å². The first-order chi connectivity index (χ1) is 8.69. The lowest BCUT2D eigenvalue weighted by Gasteiger charge is -2.12. The first kappa shape index (κ1) is 13.1. The van der Waals surface area contributed by atoms with Gasteiger partial charge in [-0.1, -0.05) is 18.6 Å². The molecule has 2 aromatic rings. The van der Waals surface area contributed by atoms with Crippen LogP contribution in [-0.4, -0.2) is 19.1 Å². The smallest absolute Gasteiger partial charge is 0.134 e. The summed E-state index contributed by atoms with van der Waals surface area (Å²) in [5, 5.41) is 7.96. The van der Waals surface area contributed by atoms with Gasteiger partial charge in [0.2, 0.25) is 0 Å². The van der Waals surface area contributed by atoms with Gasteiger partial charge < -0.3 is 15.1 Å². The summed E-state index contributed by atoms with van der Waals surface area (Å²) in [7, 11) is 0. The topological polar surface area (TPSA) is 37.2 Å². The van der Waals surface area contributed by atoms with E-state index in [9.17, 15) is 0 Å². The van der Waals surface area contributed by atoms with Crippen molar-refractivity contribution in [2.45, 2.75) is 33.4 Å². The maximum atomic E-state index is 5.79. The maximum Gasteiger partial charge on any atom is 0.134 e. The van der Waals surface area contributed by atoms with E-state index in [0.717, 1.165) is 31.0 Å². The Morgan fingerprint density at radius 2 is 2.11 bits per heavy atom. The van der Waals surface area contributed by atoms with E-state index in [-0.39, 0.29) is 0 Å². The van der Waals surface area contributed by atoms with Crippen LogP contribution in [0.2, 0.25) is 0 Å². The van der Waals surface area contributed by atoms with Crippen molar-refractivity contribution in [1.82, 2.24) is 10.6 Å². The van der Waals surface area contributed by atoms with Crippen molar-refractivity contribution in [1.29, 1.82) is 0 Å². The van der Waals surface area contributed by atoms with Crippen molar-refractivity contribution in [3.8, 4) is 0 Å². The highest BCUT2D eigenvalue weighted by atomic mass is 16.3. The van der Waals surface area contributed by atoms with Gasteiger partial charge in [-0.3, -0.25) is 0 Å². The Labute approximate surface area is 109 Å². The average Bonchev–Trinajstić information content (AvgIpc) is 2.75. The minimum Gasteiger partial charge on any atom is -0.460 e. The van der Waals surface area contributed by atoms with E-state index >= 15 is 0 Å². The Morgan fingerprint density at radius 1 is 1.28 bits per heavy atom. The number of hydrogen-bond acceptors (Lipinski definition) is 3. The highest BCUT2D eigenvalue weighted by molar-refractivity contribution is 5.78. The fourth-order valence-electron chi connectivity index (χ4n) is 2.01. The van der Waals surface area contributed by atoms with E-state index in [0.29, 0.717) is 6.04 Å². The molecule has 0 spiro atoms. The van der Waals surface area contributed by atoms with Gasteiger partial charge >= 0.3 is 0 Å². The van der Waals surface area contributed by atoms with E-state index in [1.807, 2.05) is 6.07 Å². The lowest BCUT2D eigenvalue weighted by molar-refractivity contribution is 0.459. The summed E-state index contributed by atoms with van der Waals surface area (Å²) in [6.45, 7) is 9.17. The second-order valence-electron chi connectivity index (χ2n) is 4.84. The molecular formula is C15H22N2O. The van der Waals surface area contributed by atoms with Crippen LogP contribution in [0.15, 0.2) is 28.7 Å². The maximum absolute atomic E-state index is 5.79. The molecule has 1 aromatic heterocycles. The van der Waals surface area contributed by atoms with Crippen molar-refractivity contribution in [2.24, 2.45) is 0 Å². The molecule has 0 aliphatic rings. The van der Waals surface area contributed by atoms with Crippen LogP contribution in [0.4, 0.5) is 0 Å². The standard InChI is InChI=1S/C15H22N2O/c1-4-16-9-12(3)17-10-14-8-13-7-11(2)5-6-15(13)18-14/h5-8,12,16-17H,4,9-10H2,1-3H3. The normalized spacial score (nSPS) is 13.1. The zero-order valence-electron chi connectivity index (χ0n) is 11.4. The van der Waals surface area contributed by atoms with Gasteiger partial charge in [0.25, 0.3) is 0 Å². The summed E-state index contributed by atoms with van der Waals surface area (Å²) in [4.78, 5) is 0. The molecule has 0 radical (unpaired) electrons. The number of nitrogens with one attached hydrogen (secondary N) is 2. The average molecular weight is 246 g/mol. The number of aryl methyl sites for hydroxylation is 1. The van der Waals surface area contributed by atoms with Crippen LogP contribution in [0, 0.1) is 6.92 Å². The SMILES string of the molecule is CCNCC(C)NCc1cc2cc(C)ccc2o1. The molecule has 0 amide bonds. The van der Waals surface area contributed by atoms with Gasteiger partial charge in [-0.25, -0.2) is 0 Å². The molecule has 1 unspecified atom stereocenters. The highest BCUT2D eigenvalue weighted by Crippen LogP contribution is 2.20. The summed E-state index contributed by atoms with van der Waals surface area (Å²) in [6, 6.07) is 8.84. The molecule has 98 valence electrons. The Hall–Kier alpha value is -1.32. The molecule has 2 N–H and O–H groups in total. The van der Waals surface area contributed by atoms with Gasteiger partial charge in [0, 0.05) is 18.0 Å². The van der Waals surface area contributed by atoms with Crippen LogP contribution in [0.5, 0.6) is 0 Å². The summed E-state index contributed by atoms with van der Waals surface area (Å²) in [5.74, 6) is 0.999. The Bertz CT molecular complexity index is 504. The molecule has 3 heteroatoms. The largest absolute Gasteiger partial charge is 0.460 e. The minimum absolute atomic E-state index is 0.444. The van der Waals surface area contributed by atoms with E-state index in [1.165, 1.54) is 10.9 Å². The molecule has 0 aliphatic carbocycles. The summed E-state index contributed by atoms with van der Waals surface area (Å²) in [6.07, 6.45) is 0. The number of likely N-dealkylation sites (N-methyl/N-ethyl adjacent to an activating group) is 1. The van der Waals surface area contributed by atoms with E-state index < -0.39 is 0 Å². The molecule has 0 bridgehead atoms. The number of fused-ring (bicyclic) bond motifs is 1. The van der Waals surface area contributed by atoms with E-state index in [4.69, 9.17) is 4.42 Å². The van der Waals surface area contributed by atoms with Crippen LogP contribution in [-0.2, 0) is 6.54 Å². The van der Waals surface area contributed by atoms with Crippen molar-refractivity contribution in [3.63, 3.8) is 0 Å². The molecule has 18 heavy (non-hydrogen) atoms. The van der Waals surface area contributed by atoms with Crippen molar-refractivity contribution in [3.05, 3.63) is 35.6 Å². The molecule has 1 heterocycles. The second kappa shape index (κ2) is 6.03. The molecule has 1 atom stereocenters. The minimum atomic E-state index is 0.444. The van der Waals surface area contributed by atoms with E-state index in [1.54, 1.807) is 0 Å². The fourth-order valence-corrected chi connectivity index (χ4v) is 2.01. The zero-order chi connectivity index (χ0) is 13.0. The van der Waals surface area contributed by atoms with Crippen LogP contribution < -0.4 is 10.6 Å². The van der Waals surface area contributed by atoms with Crippen LogP contribution in [0.3, 0.4) is 0 Å². The molecule has 0 fully saturated rings. The molecule has 1 aromatic carbocycles. The summed E-state index contributed by atoms with van der Waals surface area (Å²) in [5.41, 5.74) is 2.24.